The number of amides is 2. The third-order valence-electron chi connectivity index (χ3n) is 4.56. The Morgan fingerprint density at radius 1 is 1.36 bits per heavy atom. The van der Waals surface area contributed by atoms with Gasteiger partial charge < -0.3 is 15.0 Å². The van der Waals surface area contributed by atoms with Crippen molar-refractivity contribution < 1.29 is 9.53 Å². The van der Waals surface area contributed by atoms with Crippen LogP contribution in [0, 0.1) is 0 Å². The van der Waals surface area contributed by atoms with Gasteiger partial charge in [-0.05, 0) is 25.0 Å². The van der Waals surface area contributed by atoms with Crippen molar-refractivity contribution in [2.45, 2.75) is 43.9 Å². The third kappa shape index (κ3) is 5.97. The van der Waals surface area contributed by atoms with Crippen LogP contribution < -0.4 is 5.32 Å². The Balaban J connectivity index is 1.66. The maximum absolute atomic E-state index is 12.3. The second-order valence-corrected chi connectivity index (χ2v) is 7.84. The van der Waals surface area contributed by atoms with Crippen LogP contribution in [0.3, 0.4) is 0 Å². The van der Waals surface area contributed by atoms with Gasteiger partial charge in [0.1, 0.15) is 0 Å². The Bertz CT molecular complexity index is 335. The fourth-order valence-electron chi connectivity index (χ4n) is 3.17. The van der Waals surface area contributed by atoms with Gasteiger partial charge in [0.25, 0.3) is 0 Å². The molecule has 128 valence electrons. The molecule has 1 aliphatic carbocycles. The number of urea groups is 1. The Morgan fingerprint density at radius 3 is 2.86 bits per heavy atom. The van der Waals surface area contributed by atoms with E-state index >= 15 is 0 Å². The average molecular weight is 330 g/mol. The van der Waals surface area contributed by atoms with Gasteiger partial charge in [-0.15, -0.1) is 0 Å². The van der Waals surface area contributed by atoms with Crippen LogP contribution in [0.1, 0.15) is 32.6 Å². The van der Waals surface area contributed by atoms with Crippen molar-refractivity contribution in [3.63, 3.8) is 0 Å². The number of ether oxygens (including phenoxy) is 1. The predicted molar refractivity (Wildman–Crippen MR) is 92.6 cm³/mol. The van der Waals surface area contributed by atoms with Gasteiger partial charge >= 0.3 is 6.03 Å². The lowest BCUT2D eigenvalue weighted by molar-refractivity contribution is 0.0356. The highest BCUT2D eigenvalue weighted by atomic mass is 32.2. The van der Waals surface area contributed by atoms with Gasteiger partial charge in [0.15, 0.2) is 0 Å². The topological polar surface area (TPSA) is 44.8 Å². The van der Waals surface area contributed by atoms with Gasteiger partial charge in [-0.25, -0.2) is 4.79 Å². The molecule has 0 spiro atoms. The quantitative estimate of drug-likeness (QED) is 0.810. The third-order valence-corrected chi connectivity index (χ3v) is 5.79. The highest BCUT2D eigenvalue weighted by Gasteiger charge is 2.24. The maximum atomic E-state index is 12.3. The number of nitrogens with one attached hydrogen (secondary N) is 1. The molecule has 22 heavy (non-hydrogen) atoms. The van der Waals surface area contributed by atoms with Crippen LogP contribution >= 0.6 is 11.8 Å². The maximum Gasteiger partial charge on any atom is 0.317 e. The highest BCUT2D eigenvalue weighted by Crippen LogP contribution is 2.28. The summed E-state index contributed by atoms with van der Waals surface area (Å²) in [7, 11) is 1.90. The number of carbonyl (C=O) groups excluding carboxylic acids is 1. The van der Waals surface area contributed by atoms with Crippen molar-refractivity contribution in [1.29, 1.82) is 0 Å². The number of hydrogen-bond donors (Lipinski definition) is 1. The number of likely N-dealkylation sites (N-methyl/N-ethyl adjacent to an activating group) is 1. The molecule has 0 aromatic rings. The number of thioether (sulfide) groups is 1. The van der Waals surface area contributed by atoms with Gasteiger partial charge in [0.2, 0.25) is 0 Å². The Kier molecular flexibility index (Phi) is 7.83. The first-order valence-electron chi connectivity index (χ1n) is 8.62. The zero-order chi connectivity index (χ0) is 15.8. The summed E-state index contributed by atoms with van der Waals surface area (Å²) in [6.07, 6.45) is 4.79. The lowest BCUT2D eigenvalue weighted by Gasteiger charge is -2.32. The molecule has 0 radical (unpaired) electrons. The molecule has 1 N–H and O–H groups in total. The van der Waals surface area contributed by atoms with Crippen LogP contribution in [-0.4, -0.2) is 79.3 Å². The first kappa shape index (κ1) is 17.9. The summed E-state index contributed by atoms with van der Waals surface area (Å²) in [4.78, 5) is 16.5. The minimum Gasteiger partial charge on any atom is -0.379 e. The van der Waals surface area contributed by atoms with Gasteiger partial charge in [0, 0.05) is 44.5 Å². The molecule has 6 heteroatoms. The monoisotopic (exact) mass is 329 g/mol. The van der Waals surface area contributed by atoms with Crippen molar-refractivity contribution >= 4 is 17.8 Å². The normalized spacial score (nSPS) is 26.6. The summed E-state index contributed by atoms with van der Waals surface area (Å²) >= 11 is 2.04. The molecular weight excluding hydrogens is 298 g/mol. The molecule has 2 rings (SSSR count). The molecule has 0 aromatic carbocycles. The van der Waals surface area contributed by atoms with E-state index in [9.17, 15) is 4.79 Å². The minimum absolute atomic E-state index is 0.0837. The van der Waals surface area contributed by atoms with Crippen molar-refractivity contribution in [2.24, 2.45) is 0 Å². The first-order chi connectivity index (χ1) is 10.7. The summed E-state index contributed by atoms with van der Waals surface area (Å²) < 4.78 is 5.35. The van der Waals surface area contributed by atoms with E-state index in [-0.39, 0.29) is 6.03 Å². The molecule has 2 amide bonds. The number of morpholine rings is 1. The number of rotatable bonds is 6. The summed E-state index contributed by atoms with van der Waals surface area (Å²) in [6, 6.07) is 0.441. The van der Waals surface area contributed by atoms with E-state index in [1.807, 2.05) is 23.7 Å². The molecule has 0 aromatic heterocycles. The van der Waals surface area contributed by atoms with Crippen molar-refractivity contribution in [1.82, 2.24) is 15.1 Å². The molecule has 2 fully saturated rings. The summed E-state index contributed by atoms with van der Waals surface area (Å²) in [5, 5.41) is 3.95. The molecular formula is C16H31N3O2S. The zero-order valence-electron chi connectivity index (χ0n) is 14.1. The second kappa shape index (κ2) is 9.63. The van der Waals surface area contributed by atoms with Gasteiger partial charge in [-0.1, -0.05) is 13.3 Å². The summed E-state index contributed by atoms with van der Waals surface area (Å²) in [6.45, 7) is 7.52. The molecule has 0 unspecified atom stereocenters. The second-order valence-electron chi connectivity index (χ2n) is 6.27. The highest BCUT2D eigenvalue weighted by molar-refractivity contribution is 7.99. The number of nitrogens with zero attached hydrogens (tertiary/aromatic N) is 2. The van der Waals surface area contributed by atoms with Gasteiger partial charge in [-0.2, -0.15) is 11.8 Å². The fraction of sp³-hybridized carbons (Fsp3) is 0.938. The van der Waals surface area contributed by atoms with Crippen LogP contribution in [0.5, 0.6) is 0 Å². The fourth-order valence-corrected chi connectivity index (χ4v) is 4.34. The van der Waals surface area contributed by atoms with Crippen LogP contribution in [0.15, 0.2) is 0 Å². The van der Waals surface area contributed by atoms with E-state index < -0.39 is 0 Å². The molecule has 1 aliphatic heterocycles. The first-order valence-corrected chi connectivity index (χ1v) is 9.67. The van der Waals surface area contributed by atoms with E-state index in [0.717, 1.165) is 57.5 Å². The van der Waals surface area contributed by atoms with Gasteiger partial charge in [0.05, 0.1) is 13.2 Å². The van der Waals surface area contributed by atoms with E-state index in [1.165, 1.54) is 18.6 Å². The molecule has 2 atom stereocenters. The smallest absolute Gasteiger partial charge is 0.317 e. The van der Waals surface area contributed by atoms with E-state index in [1.54, 1.807) is 0 Å². The molecule has 5 nitrogen and oxygen atoms in total. The Morgan fingerprint density at radius 2 is 2.14 bits per heavy atom. The van der Waals surface area contributed by atoms with Crippen molar-refractivity contribution in [3.8, 4) is 0 Å². The number of hydrogen-bond acceptors (Lipinski definition) is 4. The summed E-state index contributed by atoms with van der Waals surface area (Å²) in [5.41, 5.74) is 0. The SMILES string of the molecule is CCS[C@H]1CCC[C@@H](NC(=O)N(C)CCN2CCOCC2)C1. The standard InChI is InChI=1S/C16H31N3O2S/c1-3-22-15-6-4-5-14(13-15)17-16(20)18(2)7-8-19-9-11-21-12-10-19/h14-15H,3-13H2,1-2H3,(H,17,20)/t14-,15+/m1/s1. The van der Waals surface area contributed by atoms with Crippen LogP contribution in [0.2, 0.25) is 0 Å². The zero-order valence-corrected chi connectivity index (χ0v) is 14.9. The van der Waals surface area contributed by atoms with Gasteiger partial charge in [-0.3, -0.25) is 4.90 Å². The average Bonchev–Trinajstić information content (AvgIpc) is 2.54. The Hall–Kier alpha value is -0.460. The van der Waals surface area contributed by atoms with Crippen LogP contribution in [0.4, 0.5) is 4.79 Å². The van der Waals surface area contributed by atoms with E-state index in [4.69, 9.17) is 4.74 Å². The van der Waals surface area contributed by atoms with Crippen LogP contribution in [0.25, 0.3) is 0 Å². The van der Waals surface area contributed by atoms with E-state index in [0.29, 0.717) is 6.04 Å². The predicted octanol–water partition coefficient (Wildman–Crippen LogP) is 2.02. The lowest BCUT2D eigenvalue weighted by Crippen LogP contribution is -2.48. The van der Waals surface area contributed by atoms with Crippen molar-refractivity contribution in [3.05, 3.63) is 0 Å². The molecule has 1 saturated carbocycles. The molecule has 1 heterocycles. The lowest BCUT2D eigenvalue weighted by atomic mass is 9.95. The molecule has 2 aliphatic rings. The van der Waals surface area contributed by atoms with E-state index in [2.05, 4.69) is 17.1 Å². The summed E-state index contributed by atoms with van der Waals surface area (Å²) in [5.74, 6) is 1.17. The molecule has 1 saturated heterocycles. The molecule has 0 bridgehead atoms. The van der Waals surface area contributed by atoms with Crippen LogP contribution in [-0.2, 0) is 4.74 Å². The Labute approximate surface area is 139 Å². The minimum atomic E-state index is 0.0837. The van der Waals surface area contributed by atoms with Crippen molar-refractivity contribution in [2.75, 3.05) is 52.2 Å². The number of carbonyl (C=O) groups is 1. The largest absolute Gasteiger partial charge is 0.379 e.